The number of carbonyl (C=O) groups excluding carboxylic acids is 1. The number of para-hydroxylation sites is 1. The molecule has 3 heterocycles. The van der Waals surface area contributed by atoms with Gasteiger partial charge in [0.1, 0.15) is 0 Å². The van der Waals surface area contributed by atoms with E-state index in [0.29, 0.717) is 23.6 Å². The molecule has 0 unspecified atom stereocenters. The molecule has 0 saturated carbocycles. The van der Waals surface area contributed by atoms with Crippen LogP contribution < -0.4 is 14.8 Å². The third-order valence-electron chi connectivity index (χ3n) is 5.41. The van der Waals surface area contributed by atoms with Crippen molar-refractivity contribution in [3.63, 3.8) is 0 Å². The van der Waals surface area contributed by atoms with Gasteiger partial charge in [-0.1, -0.05) is 6.07 Å². The summed E-state index contributed by atoms with van der Waals surface area (Å²) in [4.78, 5) is 15.0. The number of nitrogens with zero attached hydrogens (tertiary/aromatic N) is 2. The number of fused-ring (bicyclic) bond motifs is 3. The predicted octanol–water partition coefficient (Wildman–Crippen LogP) is 0.970. The molecule has 132 valence electrons. The van der Waals surface area contributed by atoms with Gasteiger partial charge in [-0.05, 0) is 12.1 Å². The van der Waals surface area contributed by atoms with Gasteiger partial charge in [0.25, 0.3) is 5.91 Å². The number of carbonyl (C=O) groups is 1. The first-order chi connectivity index (χ1) is 11.7. The minimum absolute atomic E-state index is 0.103. The molecule has 24 heavy (non-hydrogen) atoms. The Morgan fingerprint density at radius 2 is 1.88 bits per heavy atom. The first kappa shape index (κ1) is 17.0. The van der Waals surface area contributed by atoms with Crippen molar-refractivity contribution >= 4 is 5.91 Å². The van der Waals surface area contributed by atoms with Crippen LogP contribution in [0, 0.1) is 0 Å². The molecule has 0 atom stereocenters. The summed E-state index contributed by atoms with van der Waals surface area (Å²) in [6.07, 6.45) is 1.01. The fourth-order valence-corrected chi connectivity index (χ4v) is 3.84. The Balaban J connectivity index is 1.51. The molecule has 1 N–H and O–H groups in total. The van der Waals surface area contributed by atoms with E-state index in [1.54, 1.807) is 26.4 Å². The summed E-state index contributed by atoms with van der Waals surface area (Å²) >= 11 is 0. The van der Waals surface area contributed by atoms with Gasteiger partial charge in [-0.2, -0.15) is 0 Å². The quantitative estimate of drug-likeness (QED) is 0.596. The van der Waals surface area contributed by atoms with Crippen LogP contribution in [0.3, 0.4) is 0 Å². The van der Waals surface area contributed by atoms with Crippen molar-refractivity contribution in [3.05, 3.63) is 23.8 Å². The third-order valence-corrected chi connectivity index (χ3v) is 5.41. The number of piperazine rings is 3. The van der Waals surface area contributed by atoms with Crippen LogP contribution in [0.5, 0.6) is 11.5 Å². The zero-order valence-electron chi connectivity index (χ0n) is 14.7. The van der Waals surface area contributed by atoms with Gasteiger partial charge < -0.3 is 19.3 Å². The van der Waals surface area contributed by atoms with Gasteiger partial charge in [-0.3, -0.25) is 9.69 Å². The predicted molar refractivity (Wildman–Crippen MR) is 92.7 cm³/mol. The second-order valence-electron chi connectivity index (χ2n) is 6.73. The van der Waals surface area contributed by atoms with Crippen LogP contribution in [0.2, 0.25) is 0 Å². The summed E-state index contributed by atoms with van der Waals surface area (Å²) in [5.41, 5.74) is 0.524. The Morgan fingerprint density at radius 1 is 1.17 bits per heavy atom. The molecular weight excluding hydrogens is 306 g/mol. The Labute approximate surface area is 143 Å². The highest BCUT2D eigenvalue weighted by molar-refractivity contribution is 5.97. The molecule has 4 rings (SSSR count). The highest BCUT2D eigenvalue weighted by Crippen LogP contribution is 2.30. The average molecular weight is 334 g/mol. The molecule has 0 aliphatic carbocycles. The van der Waals surface area contributed by atoms with E-state index in [1.807, 2.05) is 6.07 Å². The molecule has 0 radical (unpaired) electrons. The first-order valence-corrected chi connectivity index (χ1v) is 8.74. The lowest BCUT2D eigenvalue weighted by molar-refractivity contribution is -0.941. The van der Waals surface area contributed by atoms with E-state index in [0.717, 1.165) is 13.0 Å². The van der Waals surface area contributed by atoms with Crippen molar-refractivity contribution in [2.45, 2.75) is 6.42 Å². The normalized spacial score (nSPS) is 25.3. The van der Waals surface area contributed by atoms with E-state index < -0.39 is 0 Å². The van der Waals surface area contributed by atoms with Crippen LogP contribution in [-0.2, 0) is 0 Å². The number of methoxy groups -OCH3 is 2. The molecule has 6 nitrogen and oxygen atoms in total. The average Bonchev–Trinajstić information content (AvgIpc) is 2.65. The second kappa shape index (κ2) is 7.40. The number of benzene rings is 1. The monoisotopic (exact) mass is 334 g/mol. The lowest BCUT2D eigenvalue weighted by atomic mass is 10.1. The Hall–Kier alpha value is -1.79. The minimum atomic E-state index is -0.103. The number of hydrogen-bond donors (Lipinski definition) is 1. The number of quaternary nitrogens is 1. The summed E-state index contributed by atoms with van der Waals surface area (Å²) in [5.74, 6) is 0.968. The molecule has 1 amide bonds. The topological polar surface area (TPSA) is 50.8 Å². The maximum atomic E-state index is 12.4. The minimum Gasteiger partial charge on any atom is -0.493 e. The number of nitrogens with one attached hydrogen (secondary N) is 1. The van der Waals surface area contributed by atoms with Gasteiger partial charge in [0, 0.05) is 32.6 Å². The summed E-state index contributed by atoms with van der Waals surface area (Å²) in [7, 11) is 3.13. The Kier molecular flexibility index (Phi) is 5.26. The highest BCUT2D eigenvalue weighted by atomic mass is 16.5. The molecule has 1 aromatic rings. The van der Waals surface area contributed by atoms with Crippen molar-refractivity contribution in [3.8, 4) is 11.5 Å². The SMILES string of the molecule is COc1cccc(C(=O)NCCC[N+]23CCN(CC2)CC3)c1OC. The molecule has 1 aromatic carbocycles. The number of amides is 1. The third kappa shape index (κ3) is 3.49. The van der Waals surface area contributed by atoms with Crippen molar-refractivity contribution in [1.82, 2.24) is 10.2 Å². The van der Waals surface area contributed by atoms with Crippen LogP contribution in [-0.4, -0.2) is 81.9 Å². The molecule has 0 aromatic heterocycles. The van der Waals surface area contributed by atoms with Gasteiger partial charge in [-0.25, -0.2) is 0 Å². The number of ether oxygens (including phenoxy) is 2. The van der Waals surface area contributed by atoms with Crippen molar-refractivity contribution in [2.24, 2.45) is 0 Å². The Bertz CT molecular complexity index is 569. The molecule has 3 fully saturated rings. The lowest BCUT2D eigenvalue weighted by Gasteiger charge is -2.50. The number of hydrogen-bond acceptors (Lipinski definition) is 4. The maximum Gasteiger partial charge on any atom is 0.255 e. The second-order valence-corrected chi connectivity index (χ2v) is 6.73. The lowest BCUT2D eigenvalue weighted by Crippen LogP contribution is -2.67. The zero-order valence-corrected chi connectivity index (χ0v) is 14.7. The summed E-state index contributed by atoms with van der Waals surface area (Å²) in [6, 6.07) is 5.37. The molecule has 0 spiro atoms. The largest absolute Gasteiger partial charge is 0.493 e. The van der Waals surface area contributed by atoms with E-state index in [9.17, 15) is 4.79 Å². The van der Waals surface area contributed by atoms with Crippen molar-refractivity contribution in [1.29, 1.82) is 0 Å². The van der Waals surface area contributed by atoms with Gasteiger partial charge in [-0.15, -0.1) is 0 Å². The van der Waals surface area contributed by atoms with Crippen LogP contribution >= 0.6 is 0 Å². The smallest absolute Gasteiger partial charge is 0.255 e. The first-order valence-electron chi connectivity index (χ1n) is 8.74. The van der Waals surface area contributed by atoms with Crippen LogP contribution in [0.15, 0.2) is 18.2 Å². The maximum absolute atomic E-state index is 12.4. The molecule has 6 heteroatoms. The van der Waals surface area contributed by atoms with E-state index in [1.165, 1.54) is 43.8 Å². The van der Waals surface area contributed by atoms with Crippen molar-refractivity contribution < 1.29 is 18.8 Å². The molecule has 3 saturated heterocycles. The number of rotatable bonds is 7. The van der Waals surface area contributed by atoms with Gasteiger partial charge in [0.15, 0.2) is 11.5 Å². The van der Waals surface area contributed by atoms with Crippen molar-refractivity contribution in [2.75, 3.05) is 66.6 Å². The standard InChI is InChI=1S/C18H27N3O3/c1-23-16-6-3-5-15(17(16)24-2)18(22)19-7-4-11-21-12-8-20(9-13-21)10-14-21/h3,5-6H,4,7-14H2,1-2H3/p+1. The fraction of sp³-hybridized carbons (Fsp3) is 0.611. The zero-order chi connectivity index (χ0) is 17.0. The van der Waals surface area contributed by atoms with E-state index in [-0.39, 0.29) is 5.91 Å². The highest BCUT2D eigenvalue weighted by Gasteiger charge is 2.37. The van der Waals surface area contributed by atoms with E-state index in [4.69, 9.17) is 9.47 Å². The van der Waals surface area contributed by atoms with Crippen LogP contribution in [0.4, 0.5) is 0 Å². The van der Waals surface area contributed by atoms with Gasteiger partial charge >= 0.3 is 0 Å². The molecule has 3 aliphatic rings. The Morgan fingerprint density at radius 3 is 2.50 bits per heavy atom. The molecule has 2 bridgehead atoms. The summed E-state index contributed by atoms with van der Waals surface area (Å²) in [5, 5.41) is 3.02. The summed E-state index contributed by atoms with van der Waals surface area (Å²) in [6.45, 7) is 9.33. The molecular formula is C18H28N3O3+. The van der Waals surface area contributed by atoms with Gasteiger partial charge in [0.2, 0.25) is 0 Å². The fourth-order valence-electron chi connectivity index (χ4n) is 3.84. The summed E-state index contributed by atoms with van der Waals surface area (Å²) < 4.78 is 11.8. The van der Waals surface area contributed by atoms with Gasteiger partial charge in [0.05, 0.1) is 46.0 Å². The van der Waals surface area contributed by atoms with E-state index >= 15 is 0 Å². The van der Waals surface area contributed by atoms with Crippen LogP contribution in [0.25, 0.3) is 0 Å². The molecule has 3 aliphatic heterocycles. The van der Waals surface area contributed by atoms with E-state index in [2.05, 4.69) is 10.2 Å². The van der Waals surface area contributed by atoms with Crippen LogP contribution in [0.1, 0.15) is 16.8 Å².